The number of hydrogen-bond acceptors (Lipinski definition) is 2. The van der Waals surface area contributed by atoms with Gasteiger partial charge in [-0.25, -0.2) is 9.97 Å². The molecule has 0 atom stereocenters. The van der Waals surface area contributed by atoms with Gasteiger partial charge in [-0.2, -0.15) is 0 Å². The molecule has 0 amide bonds. The quantitative estimate of drug-likeness (QED) is 0.183. The fourth-order valence-electron chi connectivity index (χ4n) is 8.26. The van der Waals surface area contributed by atoms with Crippen molar-refractivity contribution in [2.24, 2.45) is 0 Å². The molecule has 0 saturated carbocycles. The second-order valence-electron chi connectivity index (χ2n) is 12.9. The maximum Gasteiger partial charge on any atom is 0.160 e. The average Bonchev–Trinajstić information content (AvgIpc) is 3.49. The molecule has 1 aliphatic rings. The Morgan fingerprint density at radius 3 is 1.84 bits per heavy atom. The number of rotatable bonds is 4. The summed E-state index contributed by atoms with van der Waals surface area (Å²) in [5.74, 6) is 0.727. The second-order valence-corrected chi connectivity index (χ2v) is 12.9. The van der Waals surface area contributed by atoms with Crippen LogP contribution >= 0.6 is 0 Å². The van der Waals surface area contributed by atoms with Crippen molar-refractivity contribution in [2.45, 2.75) is 5.41 Å². The maximum atomic E-state index is 5.32. The largest absolute Gasteiger partial charge is 0.228 e. The molecular formula is C47H30N2. The lowest BCUT2D eigenvalue weighted by atomic mass is 9.66. The van der Waals surface area contributed by atoms with E-state index in [9.17, 15) is 0 Å². The summed E-state index contributed by atoms with van der Waals surface area (Å²) < 4.78 is 0. The summed E-state index contributed by atoms with van der Waals surface area (Å²) in [5, 5.41) is 5.84. The molecule has 10 rings (SSSR count). The van der Waals surface area contributed by atoms with Crippen LogP contribution in [0.2, 0.25) is 0 Å². The highest BCUT2D eigenvalue weighted by Crippen LogP contribution is 2.58. The van der Waals surface area contributed by atoms with E-state index in [1.807, 2.05) is 0 Å². The van der Waals surface area contributed by atoms with Crippen molar-refractivity contribution in [3.8, 4) is 33.8 Å². The smallest absolute Gasteiger partial charge is 0.160 e. The zero-order valence-corrected chi connectivity index (χ0v) is 26.7. The lowest BCUT2D eigenvalue weighted by molar-refractivity contribution is 0.775. The van der Waals surface area contributed by atoms with Crippen molar-refractivity contribution in [1.82, 2.24) is 9.97 Å². The van der Waals surface area contributed by atoms with Crippen molar-refractivity contribution in [2.75, 3.05) is 0 Å². The van der Waals surface area contributed by atoms with Crippen LogP contribution in [0.5, 0.6) is 0 Å². The topological polar surface area (TPSA) is 25.8 Å². The Labute approximate surface area is 285 Å². The van der Waals surface area contributed by atoms with Gasteiger partial charge >= 0.3 is 0 Å². The van der Waals surface area contributed by atoms with E-state index in [0.29, 0.717) is 0 Å². The van der Waals surface area contributed by atoms with Crippen molar-refractivity contribution in [1.29, 1.82) is 0 Å². The van der Waals surface area contributed by atoms with Gasteiger partial charge < -0.3 is 0 Å². The van der Waals surface area contributed by atoms with Crippen molar-refractivity contribution >= 4 is 32.4 Å². The van der Waals surface area contributed by atoms with Gasteiger partial charge in [0.15, 0.2) is 5.82 Å². The summed E-state index contributed by atoms with van der Waals surface area (Å²) in [7, 11) is 0. The van der Waals surface area contributed by atoms with Gasteiger partial charge in [-0.1, -0.05) is 170 Å². The first-order valence-corrected chi connectivity index (χ1v) is 16.8. The Balaban J connectivity index is 1.24. The average molecular weight is 623 g/mol. The van der Waals surface area contributed by atoms with Crippen LogP contribution in [-0.4, -0.2) is 9.97 Å². The minimum absolute atomic E-state index is 0.462. The molecule has 0 bridgehead atoms. The van der Waals surface area contributed by atoms with E-state index in [4.69, 9.17) is 9.97 Å². The number of fused-ring (bicyclic) bond motifs is 8. The van der Waals surface area contributed by atoms with Gasteiger partial charge in [0.1, 0.15) is 0 Å². The minimum atomic E-state index is -0.462. The molecule has 49 heavy (non-hydrogen) atoms. The molecule has 1 heterocycles. The molecule has 228 valence electrons. The van der Waals surface area contributed by atoms with Gasteiger partial charge in [0.05, 0.1) is 16.6 Å². The molecule has 1 aliphatic carbocycles. The monoisotopic (exact) mass is 622 g/mol. The fraction of sp³-hybridized carbons (Fsp3) is 0.0213. The van der Waals surface area contributed by atoms with Crippen LogP contribution in [0.4, 0.5) is 0 Å². The van der Waals surface area contributed by atoms with Crippen LogP contribution in [-0.2, 0) is 5.41 Å². The van der Waals surface area contributed by atoms with Gasteiger partial charge in [0.2, 0.25) is 0 Å². The molecular weight excluding hydrogens is 593 g/mol. The molecule has 2 nitrogen and oxygen atoms in total. The van der Waals surface area contributed by atoms with E-state index in [-0.39, 0.29) is 0 Å². The molecule has 0 saturated heterocycles. The highest BCUT2D eigenvalue weighted by Gasteiger charge is 2.46. The van der Waals surface area contributed by atoms with Crippen LogP contribution in [0.1, 0.15) is 22.3 Å². The van der Waals surface area contributed by atoms with E-state index < -0.39 is 5.41 Å². The molecule has 2 heteroatoms. The van der Waals surface area contributed by atoms with Crippen molar-refractivity contribution in [3.63, 3.8) is 0 Å². The maximum absolute atomic E-state index is 5.32. The number of benzene rings is 8. The summed E-state index contributed by atoms with van der Waals surface area (Å²) in [6.07, 6.45) is 0. The Morgan fingerprint density at radius 1 is 0.408 bits per heavy atom. The SMILES string of the molecule is c1ccc(-c2nc(-c3ccc4c5c(ccc4c3)-c3ccccc3C5(c3ccccc3)c3ccccc3)nc3ccc4ccccc4c23)cc1. The lowest BCUT2D eigenvalue weighted by Crippen LogP contribution is -2.28. The molecule has 0 unspecified atom stereocenters. The molecule has 0 spiro atoms. The third kappa shape index (κ3) is 4.07. The summed E-state index contributed by atoms with van der Waals surface area (Å²) in [6.45, 7) is 0. The number of nitrogens with zero attached hydrogens (tertiary/aromatic N) is 2. The summed E-state index contributed by atoms with van der Waals surface area (Å²) in [5.41, 5.74) is 11.3. The van der Waals surface area contributed by atoms with E-state index in [2.05, 4.69) is 182 Å². The van der Waals surface area contributed by atoms with Crippen LogP contribution in [0, 0.1) is 0 Å². The van der Waals surface area contributed by atoms with Crippen molar-refractivity contribution < 1.29 is 0 Å². The van der Waals surface area contributed by atoms with Crippen LogP contribution in [0.15, 0.2) is 182 Å². The minimum Gasteiger partial charge on any atom is -0.228 e. The number of hydrogen-bond donors (Lipinski definition) is 0. The zero-order chi connectivity index (χ0) is 32.4. The predicted molar refractivity (Wildman–Crippen MR) is 203 cm³/mol. The highest BCUT2D eigenvalue weighted by molar-refractivity contribution is 6.12. The first-order valence-electron chi connectivity index (χ1n) is 16.8. The van der Waals surface area contributed by atoms with E-state index in [0.717, 1.165) is 38.9 Å². The van der Waals surface area contributed by atoms with Gasteiger partial charge in [0, 0.05) is 16.5 Å². The standard InChI is InChI=1S/C47H30N2/c1-4-15-32(16-5-1)45-43-37-21-11-10-14-31(37)26-29-42(43)48-46(49-45)34-25-27-38-33(30-34)24-28-40-39-22-12-13-23-41(39)47(44(38)40,35-17-6-2-7-18-35)36-19-8-3-9-20-36/h1-30H. The normalized spacial score (nSPS) is 13.1. The molecule has 0 aliphatic heterocycles. The van der Waals surface area contributed by atoms with Gasteiger partial charge in [-0.05, 0) is 67.1 Å². The Hall–Kier alpha value is -6.38. The molecule has 9 aromatic rings. The zero-order valence-electron chi connectivity index (χ0n) is 26.7. The van der Waals surface area contributed by atoms with Gasteiger partial charge in [-0.15, -0.1) is 0 Å². The molecule has 1 aromatic heterocycles. The third-order valence-corrected chi connectivity index (χ3v) is 10.3. The highest BCUT2D eigenvalue weighted by atomic mass is 14.9. The summed E-state index contributed by atoms with van der Waals surface area (Å²) >= 11 is 0. The van der Waals surface area contributed by atoms with Gasteiger partial charge in [-0.3, -0.25) is 0 Å². The van der Waals surface area contributed by atoms with E-state index in [1.165, 1.54) is 49.5 Å². The molecule has 0 fully saturated rings. The first kappa shape index (κ1) is 27.7. The molecule has 8 aromatic carbocycles. The first-order chi connectivity index (χ1) is 24.3. The van der Waals surface area contributed by atoms with Crippen LogP contribution in [0.3, 0.4) is 0 Å². The molecule has 0 N–H and O–H groups in total. The second kappa shape index (κ2) is 10.8. The Morgan fingerprint density at radius 2 is 1.06 bits per heavy atom. The summed E-state index contributed by atoms with van der Waals surface area (Å²) in [6, 6.07) is 65.6. The van der Waals surface area contributed by atoms with E-state index >= 15 is 0 Å². The Bertz CT molecular complexity index is 2660. The lowest BCUT2D eigenvalue weighted by Gasteiger charge is -2.34. The fourth-order valence-corrected chi connectivity index (χ4v) is 8.26. The predicted octanol–water partition coefficient (Wildman–Crippen LogP) is 11.6. The van der Waals surface area contributed by atoms with E-state index in [1.54, 1.807) is 0 Å². The molecule has 0 radical (unpaired) electrons. The third-order valence-electron chi connectivity index (χ3n) is 10.3. The van der Waals surface area contributed by atoms with Crippen molar-refractivity contribution in [3.05, 3.63) is 204 Å². The van der Waals surface area contributed by atoms with Crippen LogP contribution in [0.25, 0.3) is 66.2 Å². The summed E-state index contributed by atoms with van der Waals surface area (Å²) in [4.78, 5) is 10.5. The van der Waals surface area contributed by atoms with Crippen LogP contribution < -0.4 is 0 Å². The Kier molecular flexibility index (Phi) is 6.13. The van der Waals surface area contributed by atoms with Gasteiger partial charge in [0.25, 0.3) is 0 Å². The number of aromatic nitrogens is 2.